The quantitative estimate of drug-likeness (QED) is 0.461. The second-order valence-electron chi connectivity index (χ2n) is 5.00. The van der Waals surface area contributed by atoms with Gasteiger partial charge in [0.25, 0.3) is 0 Å². The molecule has 0 spiro atoms. The number of hydrogen-bond acceptors (Lipinski definition) is 5. The number of hydrazone groups is 1. The zero-order chi connectivity index (χ0) is 18.9. The van der Waals surface area contributed by atoms with Crippen LogP contribution >= 0.6 is 11.6 Å². The van der Waals surface area contributed by atoms with Gasteiger partial charge in [-0.05, 0) is 37.3 Å². The number of rotatable bonds is 6. The highest BCUT2D eigenvalue weighted by atomic mass is 35.5. The predicted molar refractivity (Wildman–Crippen MR) is 100.0 cm³/mol. The molecule has 2 rings (SSSR count). The van der Waals surface area contributed by atoms with Crippen LogP contribution < -0.4 is 20.2 Å². The number of nitrogens with zero attached hydrogens (tertiary/aromatic N) is 1. The van der Waals surface area contributed by atoms with E-state index in [4.69, 9.17) is 21.1 Å². The van der Waals surface area contributed by atoms with Crippen molar-refractivity contribution in [3.8, 4) is 11.5 Å². The Morgan fingerprint density at radius 2 is 2.00 bits per heavy atom. The van der Waals surface area contributed by atoms with E-state index in [1.807, 2.05) is 6.92 Å². The molecule has 26 heavy (non-hydrogen) atoms. The Morgan fingerprint density at radius 3 is 2.73 bits per heavy atom. The van der Waals surface area contributed by atoms with E-state index in [2.05, 4.69) is 15.8 Å². The van der Waals surface area contributed by atoms with Crippen LogP contribution in [0.15, 0.2) is 47.6 Å². The Labute approximate surface area is 155 Å². The Morgan fingerprint density at radius 1 is 1.19 bits per heavy atom. The zero-order valence-electron chi connectivity index (χ0n) is 14.3. The molecular weight excluding hydrogens is 358 g/mol. The maximum Gasteiger partial charge on any atom is 0.329 e. The molecule has 0 fully saturated rings. The van der Waals surface area contributed by atoms with Gasteiger partial charge in [0.05, 0.1) is 19.9 Å². The number of ether oxygens (including phenoxy) is 2. The van der Waals surface area contributed by atoms with E-state index in [9.17, 15) is 9.59 Å². The molecular formula is C18H18ClN3O4. The molecule has 2 aromatic carbocycles. The zero-order valence-corrected chi connectivity index (χ0v) is 15.0. The average Bonchev–Trinajstić information content (AvgIpc) is 2.64. The number of carbonyl (C=O) groups excluding carboxylic acids is 2. The predicted octanol–water partition coefficient (Wildman–Crippen LogP) is 2.84. The highest BCUT2D eigenvalue weighted by molar-refractivity contribution is 6.39. The minimum absolute atomic E-state index is 0.432. The minimum atomic E-state index is -0.913. The lowest BCUT2D eigenvalue weighted by Crippen LogP contribution is -2.32. The number of nitrogens with one attached hydrogen (secondary N) is 2. The van der Waals surface area contributed by atoms with Gasteiger partial charge in [-0.25, -0.2) is 5.43 Å². The van der Waals surface area contributed by atoms with Crippen molar-refractivity contribution < 1.29 is 19.1 Å². The third-order valence-corrected chi connectivity index (χ3v) is 3.41. The van der Waals surface area contributed by atoms with Gasteiger partial charge in [-0.1, -0.05) is 17.7 Å². The van der Waals surface area contributed by atoms with Crippen molar-refractivity contribution in [1.82, 2.24) is 5.43 Å². The molecule has 0 aromatic heterocycles. The van der Waals surface area contributed by atoms with Crippen molar-refractivity contribution in [2.45, 2.75) is 6.92 Å². The van der Waals surface area contributed by atoms with Gasteiger partial charge in [0.15, 0.2) is 0 Å². The summed E-state index contributed by atoms with van der Waals surface area (Å²) in [5.41, 5.74) is 3.17. The first-order valence-electron chi connectivity index (χ1n) is 7.74. The molecule has 8 heteroatoms. The van der Waals surface area contributed by atoms with Crippen molar-refractivity contribution in [3.63, 3.8) is 0 Å². The van der Waals surface area contributed by atoms with Crippen molar-refractivity contribution in [2.24, 2.45) is 5.10 Å². The molecule has 0 radical (unpaired) electrons. The number of halogens is 1. The molecule has 7 nitrogen and oxygen atoms in total. The van der Waals surface area contributed by atoms with Crippen molar-refractivity contribution in [3.05, 3.63) is 53.1 Å². The number of benzene rings is 2. The summed E-state index contributed by atoms with van der Waals surface area (Å²) in [5, 5.41) is 6.73. The van der Waals surface area contributed by atoms with E-state index < -0.39 is 11.8 Å². The maximum atomic E-state index is 11.9. The molecule has 2 aromatic rings. The summed E-state index contributed by atoms with van der Waals surface area (Å²) in [7, 11) is 1.51. The van der Waals surface area contributed by atoms with Crippen LogP contribution in [0.2, 0.25) is 5.02 Å². The van der Waals surface area contributed by atoms with Crippen LogP contribution in [0.4, 0.5) is 5.69 Å². The van der Waals surface area contributed by atoms with Crippen LogP contribution in [0.25, 0.3) is 0 Å². The van der Waals surface area contributed by atoms with E-state index in [0.29, 0.717) is 34.4 Å². The molecule has 0 bridgehead atoms. The molecule has 0 aliphatic heterocycles. The molecule has 0 atom stereocenters. The van der Waals surface area contributed by atoms with Gasteiger partial charge in [-0.2, -0.15) is 5.10 Å². The van der Waals surface area contributed by atoms with Gasteiger partial charge >= 0.3 is 11.8 Å². The molecule has 0 saturated carbocycles. The van der Waals surface area contributed by atoms with Crippen LogP contribution in [-0.4, -0.2) is 31.7 Å². The van der Waals surface area contributed by atoms with Crippen LogP contribution in [0.3, 0.4) is 0 Å². The third kappa shape index (κ3) is 5.49. The minimum Gasteiger partial charge on any atom is -0.497 e. The van der Waals surface area contributed by atoms with Gasteiger partial charge in [-0.15, -0.1) is 0 Å². The van der Waals surface area contributed by atoms with Gasteiger partial charge in [0.2, 0.25) is 0 Å². The Kier molecular flexibility index (Phi) is 6.99. The number of anilines is 1. The first kappa shape index (κ1) is 19.3. The SMILES string of the molecule is CCOc1ccc(Cl)cc1/C=N\NC(=O)C(=O)Nc1cccc(OC)c1. The van der Waals surface area contributed by atoms with Gasteiger partial charge in [0.1, 0.15) is 11.5 Å². The van der Waals surface area contributed by atoms with E-state index in [0.717, 1.165) is 0 Å². The molecule has 2 amide bonds. The first-order chi connectivity index (χ1) is 12.5. The Bertz CT molecular complexity index is 824. The number of amides is 2. The van der Waals surface area contributed by atoms with E-state index >= 15 is 0 Å². The van der Waals surface area contributed by atoms with Crippen molar-refractivity contribution >= 4 is 35.3 Å². The summed E-state index contributed by atoms with van der Waals surface area (Å²) in [6.07, 6.45) is 1.35. The summed E-state index contributed by atoms with van der Waals surface area (Å²) >= 11 is 5.94. The van der Waals surface area contributed by atoms with E-state index in [1.165, 1.54) is 13.3 Å². The number of hydrogen-bond donors (Lipinski definition) is 2. The summed E-state index contributed by atoms with van der Waals surface area (Å²) in [5.74, 6) is -0.642. The van der Waals surface area contributed by atoms with Crippen LogP contribution in [0.1, 0.15) is 12.5 Å². The van der Waals surface area contributed by atoms with Crippen molar-refractivity contribution in [2.75, 3.05) is 19.0 Å². The summed E-state index contributed by atoms with van der Waals surface area (Å²) in [4.78, 5) is 23.7. The van der Waals surface area contributed by atoms with Crippen LogP contribution in [0, 0.1) is 0 Å². The van der Waals surface area contributed by atoms with Crippen LogP contribution in [0.5, 0.6) is 11.5 Å². The molecule has 136 valence electrons. The normalized spacial score (nSPS) is 10.4. The third-order valence-electron chi connectivity index (χ3n) is 3.18. The average molecular weight is 376 g/mol. The maximum absolute atomic E-state index is 11.9. The lowest BCUT2D eigenvalue weighted by molar-refractivity contribution is -0.136. The second-order valence-corrected chi connectivity index (χ2v) is 5.44. The molecule has 0 unspecified atom stereocenters. The van der Waals surface area contributed by atoms with Gasteiger partial charge in [0, 0.05) is 22.3 Å². The van der Waals surface area contributed by atoms with E-state index in [1.54, 1.807) is 42.5 Å². The fourth-order valence-corrected chi connectivity index (χ4v) is 2.19. The Balaban J connectivity index is 1.98. The fourth-order valence-electron chi connectivity index (χ4n) is 2.01. The highest BCUT2D eigenvalue weighted by Crippen LogP contribution is 2.21. The van der Waals surface area contributed by atoms with Gasteiger partial charge in [-0.3, -0.25) is 9.59 Å². The van der Waals surface area contributed by atoms with Crippen LogP contribution in [-0.2, 0) is 9.59 Å². The smallest absolute Gasteiger partial charge is 0.329 e. The summed E-state index contributed by atoms with van der Waals surface area (Å²) < 4.78 is 10.5. The topological polar surface area (TPSA) is 89.0 Å². The Hall–Kier alpha value is -3.06. The first-order valence-corrected chi connectivity index (χ1v) is 8.12. The fraction of sp³-hybridized carbons (Fsp3) is 0.167. The summed E-state index contributed by atoms with van der Waals surface area (Å²) in [6.45, 7) is 2.32. The number of methoxy groups -OCH3 is 1. The largest absolute Gasteiger partial charge is 0.497 e. The second kappa shape index (κ2) is 9.43. The highest BCUT2D eigenvalue weighted by Gasteiger charge is 2.13. The molecule has 0 saturated heterocycles. The molecule has 0 aliphatic carbocycles. The molecule has 2 N–H and O–H groups in total. The summed E-state index contributed by atoms with van der Waals surface area (Å²) in [6, 6.07) is 11.7. The molecule has 0 aliphatic rings. The van der Waals surface area contributed by atoms with Crippen molar-refractivity contribution in [1.29, 1.82) is 0 Å². The molecule has 0 heterocycles. The standard InChI is InChI=1S/C18H18ClN3O4/c1-3-26-16-8-7-13(19)9-12(16)11-20-22-18(24)17(23)21-14-5-4-6-15(10-14)25-2/h4-11H,3H2,1-2H3,(H,21,23)(H,22,24)/b20-11-. The lowest BCUT2D eigenvalue weighted by Gasteiger charge is -2.07. The van der Waals surface area contributed by atoms with E-state index in [-0.39, 0.29) is 0 Å². The number of carbonyl (C=O) groups is 2. The monoisotopic (exact) mass is 375 g/mol. The van der Waals surface area contributed by atoms with Gasteiger partial charge < -0.3 is 14.8 Å². The lowest BCUT2D eigenvalue weighted by atomic mass is 10.2.